The molecule has 0 heterocycles. The van der Waals surface area contributed by atoms with Gasteiger partial charge >= 0.3 is 0 Å². The Balaban J connectivity index is 2.13. The largest absolute Gasteiger partial charge is 0.494 e. The third kappa shape index (κ3) is 7.89. The van der Waals surface area contributed by atoms with E-state index in [1.807, 2.05) is 30.3 Å². The van der Waals surface area contributed by atoms with E-state index >= 15 is 0 Å². The molecule has 0 aliphatic heterocycles. The summed E-state index contributed by atoms with van der Waals surface area (Å²) in [5.41, 5.74) is 0.391. The molecule has 0 aliphatic rings. The molecule has 0 aliphatic carbocycles. The minimum absolute atomic E-state index is 0.391. The lowest BCUT2D eigenvalue weighted by Gasteiger charge is -2.25. The van der Waals surface area contributed by atoms with Crippen LogP contribution in [0, 0.1) is 5.41 Å². The van der Waals surface area contributed by atoms with Crippen LogP contribution in [0.5, 0.6) is 5.75 Å². The molecule has 0 radical (unpaired) electrons. The van der Waals surface area contributed by atoms with E-state index < -0.39 is 0 Å². The maximum atomic E-state index is 5.73. The second-order valence-electron chi connectivity index (χ2n) is 6.29. The molecule has 0 aromatic heterocycles. The molecular formula is C17H29NO. The fourth-order valence-electron chi connectivity index (χ4n) is 2.08. The molecule has 0 unspecified atom stereocenters. The molecule has 108 valence electrons. The van der Waals surface area contributed by atoms with Crippen LogP contribution in [0.1, 0.15) is 47.0 Å². The molecule has 0 saturated heterocycles. The average Bonchev–Trinajstić information content (AvgIpc) is 2.35. The summed E-state index contributed by atoms with van der Waals surface area (Å²) in [5, 5.41) is 3.49. The maximum absolute atomic E-state index is 5.73. The summed E-state index contributed by atoms with van der Waals surface area (Å²) in [5.74, 6) is 0.974. The van der Waals surface area contributed by atoms with Crippen molar-refractivity contribution in [3.05, 3.63) is 30.3 Å². The second-order valence-corrected chi connectivity index (χ2v) is 6.29. The maximum Gasteiger partial charge on any atom is 0.119 e. The van der Waals surface area contributed by atoms with Gasteiger partial charge < -0.3 is 10.1 Å². The Morgan fingerprint density at radius 2 is 1.79 bits per heavy atom. The van der Waals surface area contributed by atoms with Gasteiger partial charge in [0.2, 0.25) is 0 Å². The van der Waals surface area contributed by atoms with E-state index in [4.69, 9.17) is 4.74 Å². The van der Waals surface area contributed by atoms with Gasteiger partial charge in [-0.1, -0.05) is 45.9 Å². The summed E-state index contributed by atoms with van der Waals surface area (Å²) >= 11 is 0. The van der Waals surface area contributed by atoms with E-state index in [2.05, 4.69) is 33.0 Å². The first-order valence-corrected chi connectivity index (χ1v) is 7.41. The zero-order valence-electron chi connectivity index (χ0n) is 12.9. The van der Waals surface area contributed by atoms with Gasteiger partial charge in [-0.25, -0.2) is 0 Å². The van der Waals surface area contributed by atoms with Crippen molar-refractivity contribution in [2.75, 3.05) is 13.2 Å². The first-order chi connectivity index (χ1) is 8.99. The quantitative estimate of drug-likeness (QED) is 0.672. The highest BCUT2D eigenvalue weighted by Crippen LogP contribution is 2.26. The van der Waals surface area contributed by atoms with Crippen molar-refractivity contribution in [1.82, 2.24) is 5.32 Å². The predicted molar refractivity (Wildman–Crippen MR) is 82.7 cm³/mol. The molecule has 1 aromatic carbocycles. The van der Waals surface area contributed by atoms with Crippen molar-refractivity contribution in [3.8, 4) is 5.75 Å². The molecule has 0 spiro atoms. The first-order valence-electron chi connectivity index (χ1n) is 7.41. The predicted octanol–water partition coefficient (Wildman–Crippen LogP) is 4.26. The number of para-hydroxylation sites is 1. The summed E-state index contributed by atoms with van der Waals surface area (Å²) in [6.07, 6.45) is 3.54. The summed E-state index contributed by atoms with van der Waals surface area (Å²) in [6, 6.07) is 10.6. The number of benzene rings is 1. The molecule has 0 bridgehead atoms. The molecular weight excluding hydrogens is 234 g/mol. The molecule has 0 fully saturated rings. The number of hydrogen-bond donors (Lipinski definition) is 1. The van der Waals surface area contributed by atoms with Gasteiger partial charge in [0.25, 0.3) is 0 Å². The molecule has 1 N–H and O–H groups in total. The van der Waals surface area contributed by atoms with Crippen molar-refractivity contribution in [2.45, 2.75) is 53.0 Å². The van der Waals surface area contributed by atoms with Gasteiger partial charge in [-0.15, -0.1) is 0 Å². The minimum atomic E-state index is 0.391. The fourth-order valence-corrected chi connectivity index (χ4v) is 2.08. The van der Waals surface area contributed by atoms with Crippen LogP contribution in [0.4, 0.5) is 0 Å². The zero-order chi connectivity index (χ0) is 14.1. The van der Waals surface area contributed by atoms with E-state index in [0.717, 1.165) is 25.3 Å². The Bertz CT molecular complexity index is 332. The highest BCUT2D eigenvalue weighted by molar-refractivity contribution is 5.20. The van der Waals surface area contributed by atoms with Crippen LogP contribution in [0.3, 0.4) is 0 Å². The Labute approximate surface area is 118 Å². The first kappa shape index (κ1) is 16.0. The fraction of sp³-hybridized carbons (Fsp3) is 0.647. The van der Waals surface area contributed by atoms with E-state index in [0.29, 0.717) is 11.5 Å². The Kier molecular flexibility index (Phi) is 6.93. The van der Waals surface area contributed by atoms with Gasteiger partial charge in [-0.2, -0.15) is 0 Å². The standard InChI is InChI=1S/C17H29NO/c1-15(2)18-13-12-17(3,4)11-8-14-19-16-9-6-5-7-10-16/h5-7,9-10,15,18H,8,11-14H2,1-4H3. The third-order valence-corrected chi connectivity index (χ3v) is 3.36. The highest BCUT2D eigenvalue weighted by atomic mass is 16.5. The number of hydrogen-bond acceptors (Lipinski definition) is 2. The molecule has 0 saturated carbocycles. The van der Waals surface area contributed by atoms with Crippen LogP contribution < -0.4 is 10.1 Å². The highest BCUT2D eigenvalue weighted by Gasteiger charge is 2.17. The molecule has 1 rings (SSSR count). The minimum Gasteiger partial charge on any atom is -0.494 e. The van der Waals surface area contributed by atoms with E-state index in [1.54, 1.807) is 0 Å². The number of nitrogens with one attached hydrogen (secondary N) is 1. The SMILES string of the molecule is CC(C)NCCC(C)(C)CCCOc1ccccc1. The summed E-state index contributed by atoms with van der Waals surface area (Å²) in [6.45, 7) is 11.0. The second kappa shape index (κ2) is 8.21. The lowest BCUT2D eigenvalue weighted by molar-refractivity contribution is 0.242. The van der Waals surface area contributed by atoms with Gasteiger partial charge in [0, 0.05) is 6.04 Å². The van der Waals surface area contributed by atoms with Crippen LogP contribution in [0.15, 0.2) is 30.3 Å². The Hall–Kier alpha value is -1.02. The lowest BCUT2D eigenvalue weighted by atomic mass is 9.84. The molecule has 0 amide bonds. The molecule has 19 heavy (non-hydrogen) atoms. The smallest absolute Gasteiger partial charge is 0.119 e. The summed E-state index contributed by atoms with van der Waals surface area (Å²) < 4.78 is 5.73. The van der Waals surface area contributed by atoms with Crippen LogP contribution in [-0.2, 0) is 0 Å². The van der Waals surface area contributed by atoms with Gasteiger partial charge in [0.15, 0.2) is 0 Å². The van der Waals surface area contributed by atoms with Crippen molar-refractivity contribution in [2.24, 2.45) is 5.41 Å². The number of rotatable bonds is 9. The third-order valence-electron chi connectivity index (χ3n) is 3.36. The van der Waals surface area contributed by atoms with Crippen LogP contribution in [0.25, 0.3) is 0 Å². The van der Waals surface area contributed by atoms with Gasteiger partial charge in [-0.05, 0) is 43.4 Å². The summed E-state index contributed by atoms with van der Waals surface area (Å²) in [7, 11) is 0. The van der Waals surface area contributed by atoms with Gasteiger partial charge in [0.05, 0.1) is 6.61 Å². The zero-order valence-corrected chi connectivity index (χ0v) is 12.9. The van der Waals surface area contributed by atoms with Crippen molar-refractivity contribution in [3.63, 3.8) is 0 Å². The Morgan fingerprint density at radius 1 is 1.11 bits per heavy atom. The molecule has 1 aromatic rings. The van der Waals surface area contributed by atoms with Gasteiger partial charge in [-0.3, -0.25) is 0 Å². The van der Waals surface area contributed by atoms with Crippen molar-refractivity contribution in [1.29, 1.82) is 0 Å². The number of ether oxygens (including phenoxy) is 1. The van der Waals surface area contributed by atoms with Crippen molar-refractivity contribution < 1.29 is 4.74 Å². The molecule has 0 atom stereocenters. The van der Waals surface area contributed by atoms with Crippen LogP contribution in [0.2, 0.25) is 0 Å². The molecule has 2 heteroatoms. The Morgan fingerprint density at radius 3 is 2.42 bits per heavy atom. The summed E-state index contributed by atoms with van der Waals surface area (Å²) in [4.78, 5) is 0. The monoisotopic (exact) mass is 263 g/mol. The topological polar surface area (TPSA) is 21.3 Å². The molecule has 2 nitrogen and oxygen atoms in total. The van der Waals surface area contributed by atoms with Crippen LogP contribution >= 0.6 is 0 Å². The van der Waals surface area contributed by atoms with Gasteiger partial charge in [0.1, 0.15) is 5.75 Å². The van der Waals surface area contributed by atoms with Crippen LogP contribution in [-0.4, -0.2) is 19.2 Å². The van der Waals surface area contributed by atoms with E-state index in [-0.39, 0.29) is 0 Å². The lowest BCUT2D eigenvalue weighted by Crippen LogP contribution is -2.27. The van der Waals surface area contributed by atoms with E-state index in [1.165, 1.54) is 12.8 Å². The normalized spacial score (nSPS) is 11.8. The van der Waals surface area contributed by atoms with E-state index in [9.17, 15) is 0 Å². The average molecular weight is 263 g/mol. The van der Waals surface area contributed by atoms with Crippen molar-refractivity contribution >= 4 is 0 Å².